The van der Waals surface area contributed by atoms with Crippen LogP contribution in [0.4, 0.5) is 5.69 Å². The molecule has 10 heavy (non-hydrogen) atoms. The molecule has 0 radical (unpaired) electrons. The van der Waals surface area contributed by atoms with Crippen LogP contribution in [0.3, 0.4) is 0 Å². The van der Waals surface area contributed by atoms with E-state index in [9.17, 15) is 4.79 Å². The van der Waals surface area contributed by atoms with Crippen LogP contribution in [0.15, 0.2) is 12.3 Å². The van der Waals surface area contributed by atoms with Gasteiger partial charge in [-0.3, -0.25) is 9.78 Å². The summed E-state index contributed by atoms with van der Waals surface area (Å²) in [7, 11) is 0. The number of nitrogens with two attached hydrogens (primary N) is 1. The second-order valence-electron chi connectivity index (χ2n) is 2.03. The molecular formula is C7H8N2O. The minimum absolute atomic E-state index is 0.417. The van der Waals surface area contributed by atoms with Crippen LogP contribution in [0, 0.1) is 6.92 Å². The first kappa shape index (κ1) is 6.74. The third kappa shape index (κ3) is 0.978. The number of aldehydes is 1. The second-order valence-corrected chi connectivity index (χ2v) is 2.03. The average molecular weight is 136 g/mol. The van der Waals surface area contributed by atoms with Gasteiger partial charge < -0.3 is 5.73 Å². The number of anilines is 1. The highest BCUT2D eigenvalue weighted by Crippen LogP contribution is 2.09. The van der Waals surface area contributed by atoms with Crippen molar-refractivity contribution in [3.8, 4) is 0 Å². The molecule has 0 unspecified atom stereocenters. The molecule has 2 N–H and O–H groups in total. The van der Waals surface area contributed by atoms with E-state index in [1.54, 1.807) is 13.0 Å². The Morgan fingerprint density at radius 2 is 2.40 bits per heavy atom. The van der Waals surface area contributed by atoms with Crippen molar-refractivity contribution in [2.45, 2.75) is 6.92 Å². The summed E-state index contributed by atoms with van der Waals surface area (Å²) in [5, 5.41) is 0. The maximum Gasteiger partial charge on any atom is 0.168 e. The molecular weight excluding hydrogens is 128 g/mol. The van der Waals surface area contributed by atoms with E-state index in [0.29, 0.717) is 17.7 Å². The van der Waals surface area contributed by atoms with E-state index in [4.69, 9.17) is 5.73 Å². The number of carbonyl (C=O) groups is 1. The maximum atomic E-state index is 10.3. The van der Waals surface area contributed by atoms with Crippen molar-refractivity contribution < 1.29 is 4.79 Å². The predicted molar refractivity (Wildman–Crippen MR) is 38.8 cm³/mol. The summed E-state index contributed by atoms with van der Waals surface area (Å²) in [5.41, 5.74) is 7.27. The summed E-state index contributed by atoms with van der Waals surface area (Å²) in [5.74, 6) is 0. The molecule has 0 saturated carbocycles. The van der Waals surface area contributed by atoms with E-state index in [2.05, 4.69) is 4.98 Å². The molecule has 0 aliphatic rings. The normalized spacial score (nSPS) is 9.30. The van der Waals surface area contributed by atoms with Crippen molar-refractivity contribution in [3.05, 3.63) is 23.5 Å². The van der Waals surface area contributed by atoms with Crippen molar-refractivity contribution in [1.29, 1.82) is 0 Å². The topological polar surface area (TPSA) is 56.0 Å². The lowest BCUT2D eigenvalue weighted by molar-refractivity contribution is 0.111. The van der Waals surface area contributed by atoms with Crippen molar-refractivity contribution in [2.75, 3.05) is 5.73 Å². The second kappa shape index (κ2) is 2.47. The Labute approximate surface area is 58.9 Å². The van der Waals surface area contributed by atoms with Crippen LogP contribution in [0.5, 0.6) is 0 Å². The Balaban J connectivity index is 3.27. The van der Waals surface area contributed by atoms with Crippen LogP contribution >= 0.6 is 0 Å². The quantitative estimate of drug-likeness (QED) is 0.580. The van der Waals surface area contributed by atoms with Gasteiger partial charge >= 0.3 is 0 Å². The predicted octanol–water partition coefficient (Wildman–Crippen LogP) is 0.785. The zero-order chi connectivity index (χ0) is 7.56. The SMILES string of the molecule is Cc1c(N)ccnc1C=O. The van der Waals surface area contributed by atoms with Crippen molar-refractivity contribution in [3.63, 3.8) is 0 Å². The van der Waals surface area contributed by atoms with Crippen molar-refractivity contribution in [1.82, 2.24) is 4.98 Å². The third-order valence-electron chi connectivity index (χ3n) is 1.40. The monoisotopic (exact) mass is 136 g/mol. The number of carbonyl (C=O) groups excluding carboxylic acids is 1. The molecule has 0 amide bonds. The molecule has 1 heterocycles. The first-order valence-electron chi connectivity index (χ1n) is 2.92. The summed E-state index contributed by atoms with van der Waals surface area (Å²) < 4.78 is 0. The molecule has 0 bridgehead atoms. The van der Waals surface area contributed by atoms with Gasteiger partial charge in [0.1, 0.15) is 5.69 Å². The number of pyridine rings is 1. The number of nitrogens with zero attached hydrogens (tertiary/aromatic N) is 1. The van der Waals surface area contributed by atoms with E-state index in [0.717, 1.165) is 5.56 Å². The number of nitrogen functional groups attached to an aromatic ring is 1. The van der Waals surface area contributed by atoms with Crippen LogP contribution in [0.25, 0.3) is 0 Å². The van der Waals surface area contributed by atoms with Crippen molar-refractivity contribution in [2.24, 2.45) is 0 Å². The molecule has 1 rings (SSSR count). The van der Waals surface area contributed by atoms with Gasteiger partial charge in [-0.25, -0.2) is 0 Å². The maximum absolute atomic E-state index is 10.3. The van der Waals surface area contributed by atoms with E-state index >= 15 is 0 Å². The van der Waals surface area contributed by atoms with E-state index in [1.807, 2.05) is 0 Å². The van der Waals surface area contributed by atoms with Gasteiger partial charge in [-0.05, 0) is 13.0 Å². The smallest absolute Gasteiger partial charge is 0.168 e. The van der Waals surface area contributed by atoms with Gasteiger partial charge in [0, 0.05) is 17.4 Å². The van der Waals surface area contributed by atoms with Gasteiger partial charge in [0.25, 0.3) is 0 Å². The lowest BCUT2D eigenvalue weighted by Crippen LogP contribution is -1.96. The first-order valence-corrected chi connectivity index (χ1v) is 2.92. The van der Waals surface area contributed by atoms with Crippen LogP contribution in [0.1, 0.15) is 16.1 Å². The summed E-state index contributed by atoms with van der Waals surface area (Å²) in [6.07, 6.45) is 2.22. The molecule has 1 aromatic rings. The summed E-state index contributed by atoms with van der Waals surface area (Å²) in [4.78, 5) is 14.1. The molecule has 0 atom stereocenters. The third-order valence-corrected chi connectivity index (χ3v) is 1.40. The number of hydrogen-bond donors (Lipinski definition) is 1. The molecule has 3 heteroatoms. The Morgan fingerprint density at radius 3 is 2.90 bits per heavy atom. The van der Waals surface area contributed by atoms with Crippen LogP contribution in [0.2, 0.25) is 0 Å². The highest BCUT2D eigenvalue weighted by atomic mass is 16.1. The molecule has 0 saturated heterocycles. The highest BCUT2D eigenvalue weighted by molar-refractivity contribution is 5.76. The van der Waals surface area contributed by atoms with Gasteiger partial charge in [0.2, 0.25) is 0 Å². The van der Waals surface area contributed by atoms with Crippen LogP contribution in [-0.4, -0.2) is 11.3 Å². The van der Waals surface area contributed by atoms with Gasteiger partial charge in [0.05, 0.1) is 0 Å². The number of hydrogen-bond acceptors (Lipinski definition) is 3. The molecule has 0 fully saturated rings. The number of rotatable bonds is 1. The van der Waals surface area contributed by atoms with Gasteiger partial charge in [-0.15, -0.1) is 0 Å². The fourth-order valence-corrected chi connectivity index (χ4v) is 0.686. The fourth-order valence-electron chi connectivity index (χ4n) is 0.686. The van der Waals surface area contributed by atoms with Crippen LogP contribution in [-0.2, 0) is 0 Å². The Kier molecular flexibility index (Phi) is 1.67. The van der Waals surface area contributed by atoms with Crippen LogP contribution < -0.4 is 5.73 Å². The minimum atomic E-state index is 0.417. The van der Waals surface area contributed by atoms with Gasteiger partial charge in [-0.2, -0.15) is 0 Å². The van der Waals surface area contributed by atoms with E-state index in [-0.39, 0.29) is 0 Å². The lowest BCUT2D eigenvalue weighted by Gasteiger charge is -1.98. The fraction of sp³-hybridized carbons (Fsp3) is 0.143. The minimum Gasteiger partial charge on any atom is -0.398 e. The average Bonchev–Trinajstić information content (AvgIpc) is 1.95. The van der Waals surface area contributed by atoms with E-state index < -0.39 is 0 Å². The molecule has 0 aliphatic heterocycles. The Morgan fingerprint density at radius 1 is 1.70 bits per heavy atom. The van der Waals surface area contributed by atoms with E-state index in [1.165, 1.54) is 6.20 Å². The van der Waals surface area contributed by atoms with Crippen molar-refractivity contribution >= 4 is 12.0 Å². The zero-order valence-electron chi connectivity index (χ0n) is 5.66. The Hall–Kier alpha value is -1.38. The summed E-state index contributed by atoms with van der Waals surface area (Å²) in [6, 6.07) is 1.67. The summed E-state index contributed by atoms with van der Waals surface area (Å²) >= 11 is 0. The Bertz CT molecular complexity index is 258. The molecule has 3 nitrogen and oxygen atoms in total. The lowest BCUT2D eigenvalue weighted by atomic mass is 10.2. The highest BCUT2D eigenvalue weighted by Gasteiger charge is 1.98. The largest absolute Gasteiger partial charge is 0.398 e. The van der Waals surface area contributed by atoms with Gasteiger partial charge in [0.15, 0.2) is 6.29 Å². The first-order chi connectivity index (χ1) is 4.75. The van der Waals surface area contributed by atoms with Gasteiger partial charge in [-0.1, -0.05) is 0 Å². The summed E-state index contributed by atoms with van der Waals surface area (Å²) in [6.45, 7) is 1.77. The zero-order valence-corrected chi connectivity index (χ0v) is 5.66. The molecule has 0 aliphatic carbocycles. The molecule has 1 aromatic heterocycles. The number of aromatic nitrogens is 1. The molecule has 0 spiro atoms. The molecule has 0 aromatic carbocycles. The molecule has 52 valence electrons. The standard InChI is InChI=1S/C7H8N2O/c1-5-6(8)2-3-9-7(5)4-10/h2-4H,1H3,(H2,8,9).